The second-order valence-electron chi connectivity index (χ2n) is 4.96. The Morgan fingerprint density at radius 2 is 1.86 bits per heavy atom. The summed E-state index contributed by atoms with van der Waals surface area (Å²) in [5.74, 6) is -0.167. The molecule has 1 amide bonds. The van der Waals surface area contributed by atoms with E-state index in [1.807, 2.05) is 31.2 Å². The van der Waals surface area contributed by atoms with E-state index in [-0.39, 0.29) is 11.9 Å². The normalized spacial score (nSPS) is 12.0. The number of benzene rings is 2. The molecule has 0 aliphatic rings. The molecule has 2 aromatic rings. The van der Waals surface area contributed by atoms with Gasteiger partial charge in [-0.05, 0) is 36.8 Å². The summed E-state index contributed by atoms with van der Waals surface area (Å²) >= 11 is 6.19. The summed E-state index contributed by atoms with van der Waals surface area (Å²) in [5, 5.41) is 0.634. The van der Waals surface area contributed by atoms with Crippen LogP contribution in [0.4, 0.5) is 11.4 Å². The lowest BCUT2D eigenvalue weighted by Gasteiger charge is -2.26. The molecule has 1 unspecified atom stereocenters. The van der Waals surface area contributed by atoms with Crippen LogP contribution in [0, 0.1) is 0 Å². The lowest BCUT2D eigenvalue weighted by molar-refractivity contribution is 0.0744. The minimum atomic E-state index is -0.167. The minimum absolute atomic E-state index is 0.164. The second-order valence-corrected chi connectivity index (χ2v) is 5.37. The molecule has 0 radical (unpaired) electrons. The molecule has 21 heavy (non-hydrogen) atoms. The molecule has 1 atom stereocenters. The number of nitrogen functional groups attached to an aromatic ring is 2. The molecule has 0 saturated carbocycles. The van der Waals surface area contributed by atoms with Gasteiger partial charge >= 0.3 is 0 Å². The lowest BCUT2D eigenvalue weighted by Crippen LogP contribution is -2.30. The molecule has 0 aliphatic heterocycles. The van der Waals surface area contributed by atoms with Gasteiger partial charge in [0.25, 0.3) is 5.91 Å². The molecule has 0 fully saturated rings. The second kappa shape index (κ2) is 6.06. The molecule has 110 valence electrons. The molecule has 0 saturated heterocycles. The lowest BCUT2D eigenvalue weighted by atomic mass is 10.1. The number of halogens is 1. The highest BCUT2D eigenvalue weighted by Gasteiger charge is 2.22. The third-order valence-electron chi connectivity index (χ3n) is 3.56. The van der Waals surface area contributed by atoms with Gasteiger partial charge in [-0.1, -0.05) is 29.8 Å². The Kier molecular flexibility index (Phi) is 4.38. The van der Waals surface area contributed by atoms with Crippen LogP contribution in [0.25, 0.3) is 0 Å². The molecule has 0 bridgehead atoms. The minimum Gasteiger partial charge on any atom is -0.399 e. The summed E-state index contributed by atoms with van der Waals surface area (Å²) in [7, 11) is 1.73. The van der Waals surface area contributed by atoms with Crippen molar-refractivity contribution in [1.82, 2.24) is 4.90 Å². The Hall–Kier alpha value is -2.20. The van der Waals surface area contributed by atoms with Crippen molar-refractivity contribution < 1.29 is 4.79 Å². The van der Waals surface area contributed by atoms with Crippen LogP contribution in [0.5, 0.6) is 0 Å². The zero-order valence-electron chi connectivity index (χ0n) is 12.0. The molecule has 0 aromatic heterocycles. The maximum Gasteiger partial charge on any atom is 0.256 e. The van der Waals surface area contributed by atoms with Gasteiger partial charge in [0.15, 0.2) is 0 Å². The highest BCUT2D eigenvalue weighted by Crippen LogP contribution is 2.28. The van der Waals surface area contributed by atoms with Crippen LogP contribution in [-0.4, -0.2) is 17.9 Å². The first kappa shape index (κ1) is 15.2. The van der Waals surface area contributed by atoms with Crippen LogP contribution in [0.2, 0.25) is 5.02 Å². The van der Waals surface area contributed by atoms with E-state index in [4.69, 9.17) is 23.1 Å². The van der Waals surface area contributed by atoms with Crippen LogP contribution in [0.1, 0.15) is 28.9 Å². The molecule has 0 aliphatic carbocycles. The maximum atomic E-state index is 12.6. The maximum absolute atomic E-state index is 12.6. The number of hydrogen-bond donors (Lipinski definition) is 2. The highest BCUT2D eigenvalue weighted by atomic mass is 35.5. The van der Waals surface area contributed by atoms with E-state index in [1.54, 1.807) is 30.1 Å². The summed E-state index contributed by atoms with van der Waals surface area (Å²) < 4.78 is 0. The van der Waals surface area contributed by atoms with Gasteiger partial charge in [-0.3, -0.25) is 4.79 Å². The molecular weight excluding hydrogens is 286 g/mol. The van der Waals surface area contributed by atoms with Gasteiger partial charge < -0.3 is 16.4 Å². The fourth-order valence-electron chi connectivity index (χ4n) is 2.16. The van der Waals surface area contributed by atoms with Crippen molar-refractivity contribution in [2.24, 2.45) is 0 Å². The summed E-state index contributed by atoms with van der Waals surface area (Å²) in [6.45, 7) is 1.92. The van der Waals surface area contributed by atoms with E-state index in [0.717, 1.165) is 5.56 Å². The molecule has 2 aromatic carbocycles. The summed E-state index contributed by atoms with van der Waals surface area (Å²) in [4.78, 5) is 14.2. The Morgan fingerprint density at radius 3 is 2.48 bits per heavy atom. The fraction of sp³-hybridized carbons (Fsp3) is 0.188. The standard InChI is InChI=1S/C16H18ClN3O/c1-10(12-5-3-4-6-14(12)17)20(2)16(21)13-8-7-11(18)9-15(13)19/h3-10H,18-19H2,1-2H3. The van der Waals surface area contributed by atoms with Gasteiger partial charge in [-0.2, -0.15) is 0 Å². The number of nitrogens with two attached hydrogens (primary N) is 2. The summed E-state index contributed by atoms with van der Waals surface area (Å²) in [6.07, 6.45) is 0. The Labute approximate surface area is 129 Å². The zero-order valence-corrected chi connectivity index (χ0v) is 12.8. The van der Waals surface area contributed by atoms with Gasteiger partial charge in [0.2, 0.25) is 0 Å². The number of anilines is 2. The predicted octanol–water partition coefficient (Wildman–Crippen LogP) is 3.34. The monoisotopic (exact) mass is 303 g/mol. The summed E-state index contributed by atoms with van der Waals surface area (Å²) in [5.41, 5.74) is 13.8. The third kappa shape index (κ3) is 3.11. The predicted molar refractivity (Wildman–Crippen MR) is 87.2 cm³/mol. The van der Waals surface area contributed by atoms with E-state index in [2.05, 4.69) is 0 Å². The van der Waals surface area contributed by atoms with E-state index in [1.165, 1.54) is 0 Å². The Balaban J connectivity index is 2.29. The van der Waals surface area contributed by atoms with Gasteiger partial charge in [-0.15, -0.1) is 0 Å². The van der Waals surface area contributed by atoms with Crippen molar-refractivity contribution in [3.63, 3.8) is 0 Å². The number of rotatable bonds is 3. The zero-order chi connectivity index (χ0) is 15.6. The molecule has 0 heterocycles. The first-order chi connectivity index (χ1) is 9.91. The highest BCUT2D eigenvalue weighted by molar-refractivity contribution is 6.31. The van der Waals surface area contributed by atoms with Gasteiger partial charge in [0, 0.05) is 23.4 Å². The fourth-order valence-corrected chi connectivity index (χ4v) is 2.46. The van der Waals surface area contributed by atoms with E-state index in [0.29, 0.717) is 22.0 Å². The molecule has 4 N–H and O–H groups in total. The van der Waals surface area contributed by atoms with Crippen molar-refractivity contribution in [2.75, 3.05) is 18.5 Å². The average Bonchev–Trinajstić information content (AvgIpc) is 2.45. The average molecular weight is 304 g/mol. The molecule has 5 heteroatoms. The van der Waals surface area contributed by atoms with Crippen molar-refractivity contribution >= 4 is 28.9 Å². The van der Waals surface area contributed by atoms with Crippen molar-refractivity contribution in [1.29, 1.82) is 0 Å². The number of nitrogens with zero attached hydrogens (tertiary/aromatic N) is 1. The SMILES string of the molecule is CC(c1ccccc1Cl)N(C)C(=O)c1ccc(N)cc1N. The first-order valence-electron chi connectivity index (χ1n) is 6.58. The summed E-state index contributed by atoms with van der Waals surface area (Å²) in [6, 6.07) is 12.2. The number of carbonyl (C=O) groups excluding carboxylic acids is 1. The van der Waals surface area contributed by atoms with Crippen LogP contribution in [0.15, 0.2) is 42.5 Å². The van der Waals surface area contributed by atoms with Crippen molar-refractivity contribution in [3.8, 4) is 0 Å². The largest absolute Gasteiger partial charge is 0.399 e. The van der Waals surface area contributed by atoms with E-state index in [9.17, 15) is 4.79 Å². The van der Waals surface area contributed by atoms with Gasteiger partial charge in [0.1, 0.15) is 0 Å². The number of amides is 1. The number of hydrogen-bond acceptors (Lipinski definition) is 3. The topological polar surface area (TPSA) is 72.3 Å². The van der Waals surface area contributed by atoms with E-state index >= 15 is 0 Å². The molecular formula is C16H18ClN3O. The van der Waals surface area contributed by atoms with Crippen molar-refractivity contribution in [3.05, 3.63) is 58.6 Å². The quantitative estimate of drug-likeness (QED) is 0.854. The van der Waals surface area contributed by atoms with Crippen LogP contribution in [0.3, 0.4) is 0 Å². The third-order valence-corrected chi connectivity index (χ3v) is 3.91. The smallest absolute Gasteiger partial charge is 0.256 e. The van der Waals surface area contributed by atoms with Gasteiger partial charge in [-0.25, -0.2) is 0 Å². The Bertz CT molecular complexity index is 672. The van der Waals surface area contributed by atoms with Crippen LogP contribution < -0.4 is 11.5 Å². The Morgan fingerprint density at radius 1 is 1.19 bits per heavy atom. The first-order valence-corrected chi connectivity index (χ1v) is 6.96. The molecule has 0 spiro atoms. The van der Waals surface area contributed by atoms with Crippen molar-refractivity contribution in [2.45, 2.75) is 13.0 Å². The van der Waals surface area contributed by atoms with E-state index < -0.39 is 0 Å². The molecule has 2 rings (SSSR count). The molecule has 4 nitrogen and oxygen atoms in total. The number of carbonyl (C=O) groups is 1. The van der Waals surface area contributed by atoms with Crippen LogP contribution in [-0.2, 0) is 0 Å². The van der Waals surface area contributed by atoms with Gasteiger partial charge in [0.05, 0.1) is 11.6 Å². The van der Waals surface area contributed by atoms with Crippen LogP contribution >= 0.6 is 11.6 Å².